The van der Waals surface area contributed by atoms with Gasteiger partial charge in [0.15, 0.2) is 0 Å². The van der Waals surface area contributed by atoms with Gasteiger partial charge < -0.3 is 16.0 Å². The van der Waals surface area contributed by atoms with Crippen molar-refractivity contribution >= 4 is 32.5 Å². The van der Waals surface area contributed by atoms with Crippen molar-refractivity contribution in [1.82, 2.24) is 14.6 Å². The van der Waals surface area contributed by atoms with Crippen molar-refractivity contribution in [2.75, 3.05) is 18.8 Å². The largest absolute Gasteiger partial charge is 0.399 e. The zero-order chi connectivity index (χ0) is 15.2. The summed E-state index contributed by atoms with van der Waals surface area (Å²) < 4.78 is 26.8. The Morgan fingerprint density at radius 3 is 2.90 bits per heavy atom. The van der Waals surface area contributed by atoms with E-state index >= 15 is 0 Å². The van der Waals surface area contributed by atoms with Crippen LogP contribution in [-0.4, -0.2) is 42.7 Å². The number of aromatic amines is 1. The molecule has 1 unspecified atom stereocenters. The van der Waals surface area contributed by atoms with Gasteiger partial charge in [-0.25, -0.2) is 8.42 Å². The highest BCUT2D eigenvalue weighted by Gasteiger charge is 2.36. The summed E-state index contributed by atoms with van der Waals surface area (Å²) >= 11 is 0. The number of fused-ring (bicyclic) bond motifs is 1. The molecule has 7 nitrogen and oxygen atoms in total. The minimum atomic E-state index is -3.76. The molecule has 0 bridgehead atoms. The van der Waals surface area contributed by atoms with Crippen molar-refractivity contribution in [3.63, 3.8) is 0 Å². The Morgan fingerprint density at radius 2 is 2.14 bits per heavy atom. The quantitative estimate of drug-likeness (QED) is 0.691. The van der Waals surface area contributed by atoms with Crippen LogP contribution in [0.3, 0.4) is 0 Å². The number of hydrogen-bond donors (Lipinski definition) is 3. The van der Waals surface area contributed by atoms with Gasteiger partial charge in [0.25, 0.3) is 0 Å². The number of piperazine rings is 1. The van der Waals surface area contributed by atoms with Crippen molar-refractivity contribution in [2.24, 2.45) is 0 Å². The molecule has 8 heteroatoms. The second kappa shape index (κ2) is 4.74. The zero-order valence-corrected chi connectivity index (χ0v) is 12.3. The van der Waals surface area contributed by atoms with Crippen LogP contribution in [0.15, 0.2) is 29.3 Å². The molecule has 21 heavy (non-hydrogen) atoms. The van der Waals surface area contributed by atoms with Gasteiger partial charge in [-0.2, -0.15) is 4.31 Å². The van der Waals surface area contributed by atoms with E-state index in [1.165, 1.54) is 10.5 Å². The number of aromatic nitrogens is 1. The predicted octanol–water partition coefficient (Wildman–Crippen LogP) is 0.259. The Morgan fingerprint density at radius 1 is 1.38 bits per heavy atom. The molecular formula is C13H16N4O3S. The molecule has 0 radical (unpaired) electrons. The van der Waals surface area contributed by atoms with Crippen LogP contribution in [0, 0.1) is 0 Å². The average molecular weight is 308 g/mol. The summed E-state index contributed by atoms with van der Waals surface area (Å²) in [5.41, 5.74) is 6.92. The number of H-pyrrole nitrogens is 1. The van der Waals surface area contributed by atoms with Crippen LogP contribution < -0.4 is 11.1 Å². The third-order valence-electron chi connectivity index (χ3n) is 3.70. The fraction of sp³-hybridized carbons (Fsp3) is 0.308. The first-order chi connectivity index (χ1) is 9.91. The normalized spacial score (nSPS) is 20.6. The van der Waals surface area contributed by atoms with E-state index in [2.05, 4.69) is 10.3 Å². The number of nitrogens with two attached hydrogens (primary N) is 1. The Balaban J connectivity index is 2.12. The van der Waals surface area contributed by atoms with Gasteiger partial charge in [-0.15, -0.1) is 0 Å². The first-order valence-corrected chi connectivity index (χ1v) is 8.01. The maximum Gasteiger partial charge on any atom is 0.245 e. The van der Waals surface area contributed by atoms with Crippen LogP contribution in [-0.2, 0) is 14.8 Å². The van der Waals surface area contributed by atoms with Crippen LogP contribution >= 0.6 is 0 Å². The number of rotatable bonds is 2. The van der Waals surface area contributed by atoms with Gasteiger partial charge in [-0.3, -0.25) is 4.79 Å². The van der Waals surface area contributed by atoms with Crippen LogP contribution in [0.2, 0.25) is 0 Å². The molecule has 4 N–H and O–H groups in total. The monoisotopic (exact) mass is 308 g/mol. The third kappa shape index (κ3) is 2.16. The Hall–Kier alpha value is -2.06. The van der Waals surface area contributed by atoms with Gasteiger partial charge in [-0.05, 0) is 25.1 Å². The molecule has 0 saturated carbocycles. The van der Waals surface area contributed by atoms with Crippen LogP contribution in [0.5, 0.6) is 0 Å². The molecule has 2 aromatic rings. The summed E-state index contributed by atoms with van der Waals surface area (Å²) in [6.07, 6.45) is 1.44. The molecule has 2 heterocycles. The van der Waals surface area contributed by atoms with Crippen molar-refractivity contribution in [1.29, 1.82) is 0 Å². The average Bonchev–Trinajstić information content (AvgIpc) is 2.85. The Labute approximate surface area is 122 Å². The van der Waals surface area contributed by atoms with E-state index in [0.717, 1.165) is 0 Å². The Kier molecular flexibility index (Phi) is 3.14. The van der Waals surface area contributed by atoms with Gasteiger partial charge in [0, 0.05) is 35.9 Å². The number of hydrogen-bond acceptors (Lipinski definition) is 4. The molecule has 0 aliphatic carbocycles. The standard InChI is InChI=1S/C13H16N4O3S/c1-8-13(18)15-4-5-17(8)21(19,20)12-7-16-11-3-2-9(14)6-10(11)12/h2-3,6-8,16H,4-5,14H2,1H3,(H,15,18). The molecule has 1 aliphatic rings. The molecule has 1 fully saturated rings. The maximum absolute atomic E-state index is 12.8. The number of anilines is 1. The van der Waals surface area contributed by atoms with Gasteiger partial charge in [0.2, 0.25) is 15.9 Å². The highest BCUT2D eigenvalue weighted by Crippen LogP contribution is 2.28. The first-order valence-electron chi connectivity index (χ1n) is 6.57. The predicted molar refractivity (Wildman–Crippen MR) is 79.1 cm³/mol. The first kappa shape index (κ1) is 13.9. The third-order valence-corrected chi connectivity index (χ3v) is 5.71. The number of carbonyl (C=O) groups excluding carboxylic acids is 1. The molecule has 1 saturated heterocycles. The van der Waals surface area contributed by atoms with E-state index in [1.807, 2.05) is 0 Å². The van der Waals surface area contributed by atoms with Crippen molar-refractivity contribution in [3.8, 4) is 0 Å². The lowest BCUT2D eigenvalue weighted by Crippen LogP contribution is -2.55. The second-order valence-electron chi connectivity index (χ2n) is 5.04. The van der Waals surface area contributed by atoms with E-state index in [1.54, 1.807) is 25.1 Å². The smallest absolute Gasteiger partial charge is 0.245 e. The molecule has 1 amide bonds. The lowest BCUT2D eigenvalue weighted by atomic mass is 10.2. The number of benzene rings is 1. The zero-order valence-electron chi connectivity index (χ0n) is 11.5. The summed E-state index contributed by atoms with van der Waals surface area (Å²) in [6.45, 7) is 2.15. The molecule has 1 aromatic carbocycles. The molecular weight excluding hydrogens is 292 g/mol. The summed E-state index contributed by atoms with van der Waals surface area (Å²) in [5, 5.41) is 3.19. The minimum Gasteiger partial charge on any atom is -0.399 e. The molecule has 1 atom stereocenters. The second-order valence-corrected chi connectivity index (χ2v) is 6.90. The van der Waals surface area contributed by atoms with Crippen molar-refractivity contribution < 1.29 is 13.2 Å². The summed E-state index contributed by atoms with van der Waals surface area (Å²) in [4.78, 5) is 14.8. The fourth-order valence-electron chi connectivity index (χ4n) is 2.54. The summed E-state index contributed by atoms with van der Waals surface area (Å²) in [6, 6.07) is 4.32. The van der Waals surface area contributed by atoms with Crippen LogP contribution in [0.4, 0.5) is 5.69 Å². The number of amides is 1. The van der Waals surface area contributed by atoms with Gasteiger partial charge in [0.1, 0.15) is 10.9 Å². The van der Waals surface area contributed by atoms with Crippen LogP contribution in [0.25, 0.3) is 10.9 Å². The van der Waals surface area contributed by atoms with Gasteiger partial charge in [0.05, 0.1) is 0 Å². The number of carbonyl (C=O) groups is 1. The topological polar surface area (TPSA) is 108 Å². The lowest BCUT2D eigenvalue weighted by Gasteiger charge is -2.31. The van der Waals surface area contributed by atoms with Crippen LogP contribution in [0.1, 0.15) is 6.92 Å². The molecule has 1 aliphatic heterocycles. The number of nitrogen functional groups attached to an aromatic ring is 1. The lowest BCUT2D eigenvalue weighted by molar-refractivity contribution is -0.126. The fourth-order valence-corrected chi connectivity index (χ4v) is 4.29. The van der Waals surface area contributed by atoms with E-state index in [9.17, 15) is 13.2 Å². The highest BCUT2D eigenvalue weighted by molar-refractivity contribution is 7.89. The summed E-state index contributed by atoms with van der Waals surface area (Å²) in [7, 11) is -3.76. The Bertz CT molecular complexity index is 812. The maximum atomic E-state index is 12.8. The van der Waals surface area contributed by atoms with E-state index in [0.29, 0.717) is 23.1 Å². The SMILES string of the molecule is CC1C(=O)NCCN1S(=O)(=O)c1c[nH]c2ccc(N)cc12. The van der Waals surface area contributed by atoms with Gasteiger partial charge in [-0.1, -0.05) is 0 Å². The minimum absolute atomic E-state index is 0.145. The molecule has 3 rings (SSSR count). The van der Waals surface area contributed by atoms with Gasteiger partial charge >= 0.3 is 0 Å². The number of nitrogens with zero attached hydrogens (tertiary/aromatic N) is 1. The number of nitrogens with one attached hydrogen (secondary N) is 2. The van der Waals surface area contributed by atoms with Crippen molar-refractivity contribution in [2.45, 2.75) is 17.9 Å². The number of sulfonamides is 1. The molecule has 1 aromatic heterocycles. The van der Waals surface area contributed by atoms with Crippen molar-refractivity contribution in [3.05, 3.63) is 24.4 Å². The summed E-state index contributed by atoms with van der Waals surface area (Å²) in [5.74, 6) is -0.288. The molecule has 0 spiro atoms. The van der Waals surface area contributed by atoms with E-state index in [4.69, 9.17) is 5.73 Å². The molecule has 112 valence electrons. The van der Waals surface area contributed by atoms with E-state index < -0.39 is 16.1 Å². The van der Waals surface area contributed by atoms with E-state index in [-0.39, 0.29) is 17.3 Å². The highest BCUT2D eigenvalue weighted by atomic mass is 32.2.